The second-order valence-electron chi connectivity index (χ2n) is 4.08. The number of aliphatic imine (C=N–C) groups is 1. The average molecular weight is 262 g/mol. The van der Waals surface area contributed by atoms with E-state index in [9.17, 15) is 9.90 Å². The van der Waals surface area contributed by atoms with E-state index in [-0.39, 0.29) is 46.5 Å². The van der Waals surface area contributed by atoms with Crippen LogP contribution in [0.4, 0.5) is 0 Å². The molecule has 0 spiro atoms. The van der Waals surface area contributed by atoms with Gasteiger partial charge in [-0.2, -0.15) is 0 Å². The zero-order valence-corrected chi connectivity index (χ0v) is 13.4. The molecule has 0 radical (unpaired) electrons. The van der Waals surface area contributed by atoms with Crippen molar-refractivity contribution < 1.29 is 39.5 Å². The van der Waals surface area contributed by atoms with E-state index in [0.29, 0.717) is 6.42 Å². The fourth-order valence-corrected chi connectivity index (χ4v) is 1.93. The Bertz CT molecular complexity index is 380. The molecule has 0 aromatic rings. The van der Waals surface area contributed by atoms with E-state index in [4.69, 9.17) is 12.2 Å². The van der Waals surface area contributed by atoms with Crippen LogP contribution in [0.15, 0.2) is 17.1 Å². The third-order valence-electron chi connectivity index (χ3n) is 2.87. The van der Waals surface area contributed by atoms with Gasteiger partial charge >= 0.3 is 29.6 Å². The minimum Gasteiger partial charge on any atom is -0.861 e. The minimum absolute atomic E-state index is 0. The molecule has 1 amide bonds. The Balaban J connectivity index is 0.00000256. The fraction of sp³-hybridized carbons (Fsp3) is 0.545. The van der Waals surface area contributed by atoms with Gasteiger partial charge in [-0.05, 0) is 37.4 Å². The maximum Gasteiger partial charge on any atom is 1.00 e. The molecule has 0 saturated carbocycles. The van der Waals surface area contributed by atoms with Crippen LogP contribution in [0.2, 0.25) is 0 Å². The molecule has 1 N–H and O–H groups in total. The average Bonchev–Trinajstić information content (AvgIpc) is 2.16. The second kappa shape index (κ2) is 6.64. The van der Waals surface area contributed by atoms with Crippen LogP contribution < -0.4 is 40.0 Å². The summed E-state index contributed by atoms with van der Waals surface area (Å²) in [6.07, 6.45) is 3.98. The van der Waals surface area contributed by atoms with Gasteiger partial charge < -0.3 is 10.4 Å². The van der Waals surface area contributed by atoms with Gasteiger partial charge in [0.2, 0.25) is 5.91 Å². The number of hydrogen-bond acceptors (Lipinski definition) is 3. The summed E-state index contributed by atoms with van der Waals surface area (Å²) in [7, 11) is 0. The number of allylic oxidation sites excluding steroid dienone is 2. The minimum atomic E-state index is -1.10. The monoisotopic (exact) mass is 262 g/mol. The maximum atomic E-state index is 12.0. The summed E-state index contributed by atoms with van der Waals surface area (Å²) in [5.74, 6) is -0.900. The van der Waals surface area contributed by atoms with Crippen molar-refractivity contribution in [3.63, 3.8) is 0 Å². The first-order valence-electron chi connectivity index (χ1n) is 5.18. The van der Waals surface area contributed by atoms with Crippen molar-refractivity contribution in [1.82, 2.24) is 5.32 Å². The molecule has 1 aliphatic heterocycles. The number of nitrogens with one attached hydrogen (secondary N) is 1. The molecule has 0 bridgehead atoms. The van der Waals surface area contributed by atoms with E-state index in [1.54, 1.807) is 6.08 Å². The van der Waals surface area contributed by atoms with Gasteiger partial charge in [0.05, 0.1) is 5.41 Å². The van der Waals surface area contributed by atoms with Crippen molar-refractivity contribution >= 4 is 29.1 Å². The summed E-state index contributed by atoms with van der Waals surface area (Å²) in [5, 5.41) is 14.4. The van der Waals surface area contributed by atoms with Crippen LogP contribution in [0.25, 0.3) is 0 Å². The van der Waals surface area contributed by atoms with Crippen LogP contribution in [0, 0.1) is 11.3 Å². The van der Waals surface area contributed by atoms with Crippen LogP contribution in [0.5, 0.6) is 0 Å². The van der Waals surface area contributed by atoms with Crippen LogP contribution >= 0.6 is 12.2 Å². The summed E-state index contributed by atoms with van der Waals surface area (Å²) < 4.78 is 0. The molecule has 4 nitrogen and oxygen atoms in total. The predicted molar refractivity (Wildman–Crippen MR) is 64.9 cm³/mol. The van der Waals surface area contributed by atoms with Crippen molar-refractivity contribution in [2.24, 2.45) is 16.3 Å². The van der Waals surface area contributed by atoms with Crippen LogP contribution in [-0.2, 0) is 4.79 Å². The third-order valence-corrected chi connectivity index (χ3v) is 3.06. The predicted octanol–water partition coefficient (Wildman–Crippen LogP) is -2.23. The molecular weight excluding hydrogens is 247 g/mol. The van der Waals surface area contributed by atoms with Gasteiger partial charge in [0.25, 0.3) is 0 Å². The Hall–Kier alpha value is -0.230. The molecule has 1 unspecified atom stereocenters. The molecule has 1 aliphatic rings. The van der Waals surface area contributed by atoms with E-state index in [1.807, 2.05) is 26.8 Å². The first-order valence-corrected chi connectivity index (χ1v) is 5.58. The van der Waals surface area contributed by atoms with E-state index >= 15 is 0 Å². The quantitative estimate of drug-likeness (QED) is 0.356. The van der Waals surface area contributed by atoms with Gasteiger partial charge in [0.1, 0.15) is 0 Å². The Morgan fingerprint density at radius 1 is 1.59 bits per heavy atom. The van der Waals surface area contributed by atoms with Crippen LogP contribution in [-0.4, -0.2) is 16.9 Å². The Morgan fingerprint density at radius 2 is 2.18 bits per heavy atom. The number of rotatable bonds is 3. The van der Waals surface area contributed by atoms with Gasteiger partial charge in [-0.3, -0.25) is 4.79 Å². The molecule has 17 heavy (non-hydrogen) atoms. The van der Waals surface area contributed by atoms with Crippen LogP contribution in [0.1, 0.15) is 27.2 Å². The van der Waals surface area contributed by atoms with E-state index in [2.05, 4.69) is 10.3 Å². The van der Waals surface area contributed by atoms with Gasteiger partial charge in [-0.1, -0.05) is 26.0 Å². The van der Waals surface area contributed by atoms with E-state index < -0.39 is 11.3 Å². The number of amides is 1. The topological polar surface area (TPSA) is 64.5 Å². The number of hydrogen-bond donors (Lipinski definition) is 1. The van der Waals surface area contributed by atoms with Gasteiger partial charge in [-0.15, -0.1) is 0 Å². The molecule has 6 heteroatoms. The standard InChI is InChI=1S/C11H16N2O2S.Na/c1-4-5-6-11(7(2)3)8(14)12-10(16)13-9(11)15;/h4-5,7H,6H2,1-3H3,(H2,12,13,14,15,16);/q;+1/p-1/b5-4+;. The zero-order chi connectivity index (χ0) is 12.3. The van der Waals surface area contributed by atoms with Crippen molar-refractivity contribution in [3.05, 3.63) is 12.2 Å². The summed E-state index contributed by atoms with van der Waals surface area (Å²) >= 11 is 4.72. The molecular formula is C11H15N2NaO2S. The van der Waals surface area contributed by atoms with Gasteiger partial charge in [0.15, 0.2) is 5.11 Å². The summed E-state index contributed by atoms with van der Waals surface area (Å²) in [5.41, 5.74) is -1.10. The molecule has 0 saturated heterocycles. The van der Waals surface area contributed by atoms with Crippen molar-refractivity contribution in [3.8, 4) is 0 Å². The van der Waals surface area contributed by atoms with Crippen molar-refractivity contribution in [2.75, 3.05) is 0 Å². The summed E-state index contributed by atoms with van der Waals surface area (Å²) in [6.45, 7) is 5.52. The molecule has 0 aromatic heterocycles. The number of carbonyl (C=O) groups is 1. The SMILES string of the molecule is C/C=C/CC1(C(C)C)C(=O)NC(=S)N=C1[O-].[Na+]. The van der Waals surface area contributed by atoms with E-state index in [0.717, 1.165) is 0 Å². The summed E-state index contributed by atoms with van der Waals surface area (Å²) in [6, 6.07) is 0. The molecule has 0 fully saturated rings. The van der Waals surface area contributed by atoms with Gasteiger partial charge in [0, 0.05) is 0 Å². The maximum absolute atomic E-state index is 12.0. The molecule has 1 rings (SSSR count). The normalized spacial score (nSPS) is 24.6. The fourth-order valence-electron chi connectivity index (χ4n) is 1.75. The third kappa shape index (κ3) is 3.16. The Labute approximate surface area is 129 Å². The molecule has 0 aliphatic carbocycles. The van der Waals surface area contributed by atoms with Crippen molar-refractivity contribution in [2.45, 2.75) is 27.2 Å². The van der Waals surface area contributed by atoms with Crippen molar-refractivity contribution in [1.29, 1.82) is 0 Å². The molecule has 1 atom stereocenters. The Kier molecular flexibility index (Phi) is 6.55. The largest absolute Gasteiger partial charge is 1.00 e. The number of carbonyl (C=O) groups excluding carboxylic acids is 1. The number of nitrogens with zero attached hydrogens (tertiary/aromatic N) is 1. The number of thiocarbonyl (C=S) groups is 1. The van der Waals surface area contributed by atoms with Gasteiger partial charge in [-0.25, -0.2) is 4.99 Å². The smallest absolute Gasteiger partial charge is 0.861 e. The Morgan fingerprint density at radius 3 is 2.59 bits per heavy atom. The molecule has 1 heterocycles. The summed E-state index contributed by atoms with van der Waals surface area (Å²) in [4.78, 5) is 15.7. The molecule has 88 valence electrons. The second-order valence-corrected chi connectivity index (χ2v) is 4.46. The zero-order valence-electron chi connectivity index (χ0n) is 10.6. The first kappa shape index (κ1) is 16.8. The molecule has 0 aromatic carbocycles. The van der Waals surface area contributed by atoms with E-state index in [1.165, 1.54) is 0 Å². The first-order chi connectivity index (χ1) is 7.45. The van der Waals surface area contributed by atoms with Crippen LogP contribution in [0.3, 0.4) is 0 Å².